The van der Waals surface area contributed by atoms with Crippen molar-refractivity contribution in [1.29, 1.82) is 0 Å². The minimum absolute atomic E-state index is 0.0736. The van der Waals surface area contributed by atoms with Gasteiger partial charge in [0, 0.05) is 21.2 Å². The van der Waals surface area contributed by atoms with Gasteiger partial charge in [0.15, 0.2) is 0 Å². The van der Waals surface area contributed by atoms with Gasteiger partial charge in [0.2, 0.25) is 0 Å². The summed E-state index contributed by atoms with van der Waals surface area (Å²) < 4.78 is 5.16. The standard InChI is InChI=1S/C28H23N3O3S/c1-34-22-14-11-20(12-15-22)29-28(33)30-21-13-16-26-24(17-21)31(18-19-7-3-2-4-8-19)27(32)23-9-5-6-10-25(23)35-26/h2-17H,18H2,1H3,(H2,29,30,33). The second kappa shape index (κ2) is 9.95. The molecule has 0 atom stereocenters. The Kier molecular flexibility index (Phi) is 6.41. The molecular weight excluding hydrogens is 458 g/mol. The zero-order valence-corrected chi connectivity index (χ0v) is 19.8. The lowest BCUT2D eigenvalue weighted by Gasteiger charge is -2.24. The molecule has 1 aliphatic heterocycles. The number of methoxy groups -OCH3 is 1. The summed E-state index contributed by atoms with van der Waals surface area (Å²) in [6.45, 7) is 0.420. The Morgan fingerprint density at radius 3 is 2.29 bits per heavy atom. The maximum absolute atomic E-state index is 13.6. The Labute approximate surface area is 207 Å². The number of rotatable bonds is 5. The van der Waals surface area contributed by atoms with Crippen molar-refractivity contribution in [3.63, 3.8) is 0 Å². The molecule has 6 nitrogen and oxygen atoms in total. The van der Waals surface area contributed by atoms with E-state index in [1.165, 1.54) is 0 Å². The molecule has 0 bridgehead atoms. The fourth-order valence-electron chi connectivity index (χ4n) is 3.89. The Hall–Kier alpha value is -4.23. The number of urea groups is 1. The number of hydrogen-bond donors (Lipinski definition) is 2. The summed E-state index contributed by atoms with van der Waals surface area (Å²) in [5.74, 6) is 0.638. The van der Waals surface area contributed by atoms with E-state index in [1.807, 2.05) is 72.8 Å². The van der Waals surface area contributed by atoms with Crippen LogP contribution in [0.15, 0.2) is 107 Å². The molecule has 35 heavy (non-hydrogen) atoms. The molecule has 0 unspecified atom stereocenters. The summed E-state index contributed by atoms with van der Waals surface area (Å²) in [4.78, 5) is 29.9. The summed E-state index contributed by atoms with van der Waals surface area (Å²) in [5, 5.41) is 5.70. The first-order valence-electron chi connectivity index (χ1n) is 11.1. The summed E-state index contributed by atoms with van der Waals surface area (Å²) >= 11 is 1.55. The molecule has 4 aromatic rings. The number of nitrogens with zero attached hydrogens (tertiary/aromatic N) is 1. The lowest BCUT2D eigenvalue weighted by Crippen LogP contribution is -2.30. The average molecular weight is 482 g/mol. The molecule has 1 heterocycles. The molecule has 4 aromatic carbocycles. The van der Waals surface area contributed by atoms with Gasteiger partial charge in [-0.3, -0.25) is 4.79 Å². The van der Waals surface area contributed by atoms with E-state index in [9.17, 15) is 9.59 Å². The molecule has 0 aromatic heterocycles. The number of carbonyl (C=O) groups is 2. The SMILES string of the molecule is COc1ccc(NC(=O)Nc2ccc3c(c2)N(Cc2ccccc2)C(=O)c2ccccc2S3)cc1. The first kappa shape index (κ1) is 22.6. The molecular formula is C28H23N3O3S. The van der Waals surface area contributed by atoms with Crippen LogP contribution < -0.4 is 20.3 Å². The van der Waals surface area contributed by atoms with Crippen molar-refractivity contribution in [2.45, 2.75) is 16.3 Å². The van der Waals surface area contributed by atoms with E-state index in [0.717, 1.165) is 21.0 Å². The molecule has 174 valence electrons. The van der Waals surface area contributed by atoms with Crippen molar-refractivity contribution in [1.82, 2.24) is 0 Å². The normalized spacial score (nSPS) is 12.3. The van der Waals surface area contributed by atoms with Crippen LogP contribution in [0.3, 0.4) is 0 Å². The smallest absolute Gasteiger partial charge is 0.323 e. The highest BCUT2D eigenvalue weighted by atomic mass is 32.2. The number of ether oxygens (including phenoxy) is 1. The number of amides is 3. The number of nitrogens with one attached hydrogen (secondary N) is 2. The van der Waals surface area contributed by atoms with E-state index in [4.69, 9.17) is 4.74 Å². The molecule has 5 rings (SSSR count). The maximum Gasteiger partial charge on any atom is 0.323 e. The summed E-state index contributed by atoms with van der Waals surface area (Å²) in [6, 6.07) is 29.9. The monoisotopic (exact) mass is 481 g/mol. The highest BCUT2D eigenvalue weighted by molar-refractivity contribution is 7.99. The van der Waals surface area contributed by atoms with Crippen LogP contribution in [0.5, 0.6) is 5.75 Å². The van der Waals surface area contributed by atoms with E-state index < -0.39 is 0 Å². The van der Waals surface area contributed by atoms with Crippen molar-refractivity contribution in [3.8, 4) is 5.75 Å². The number of fused-ring (bicyclic) bond motifs is 2. The van der Waals surface area contributed by atoms with Crippen LogP contribution in [0, 0.1) is 0 Å². The van der Waals surface area contributed by atoms with E-state index in [2.05, 4.69) is 10.6 Å². The van der Waals surface area contributed by atoms with E-state index >= 15 is 0 Å². The molecule has 0 aliphatic carbocycles. The first-order valence-corrected chi connectivity index (χ1v) is 11.9. The molecule has 0 spiro atoms. The van der Waals surface area contributed by atoms with Crippen LogP contribution in [0.25, 0.3) is 0 Å². The van der Waals surface area contributed by atoms with Gasteiger partial charge in [-0.05, 0) is 60.2 Å². The number of carbonyl (C=O) groups excluding carboxylic acids is 2. The minimum Gasteiger partial charge on any atom is -0.497 e. The molecule has 0 radical (unpaired) electrons. The van der Waals surface area contributed by atoms with Crippen LogP contribution in [0.4, 0.5) is 21.9 Å². The second-order valence-electron chi connectivity index (χ2n) is 7.97. The molecule has 2 N–H and O–H groups in total. The van der Waals surface area contributed by atoms with Crippen molar-refractivity contribution in [3.05, 3.63) is 108 Å². The zero-order valence-electron chi connectivity index (χ0n) is 19.0. The molecule has 7 heteroatoms. The van der Waals surface area contributed by atoms with Gasteiger partial charge >= 0.3 is 6.03 Å². The van der Waals surface area contributed by atoms with Gasteiger partial charge in [0.25, 0.3) is 5.91 Å². The summed E-state index contributed by atoms with van der Waals surface area (Å²) in [7, 11) is 1.59. The van der Waals surface area contributed by atoms with Gasteiger partial charge < -0.3 is 20.3 Å². The Morgan fingerprint density at radius 2 is 1.51 bits per heavy atom. The topological polar surface area (TPSA) is 70.7 Å². The largest absolute Gasteiger partial charge is 0.497 e. The Balaban J connectivity index is 1.44. The number of anilines is 3. The van der Waals surface area contributed by atoms with Crippen LogP contribution in [0.1, 0.15) is 15.9 Å². The zero-order chi connectivity index (χ0) is 24.2. The van der Waals surface area contributed by atoms with E-state index in [1.54, 1.807) is 48.0 Å². The molecule has 0 saturated heterocycles. The van der Waals surface area contributed by atoms with Gasteiger partial charge in [-0.1, -0.05) is 54.2 Å². The third-order valence-electron chi connectivity index (χ3n) is 5.62. The highest BCUT2D eigenvalue weighted by Gasteiger charge is 2.27. The highest BCUT2D eigenvalue weighted by Crippen LogP contribution is 2.43. The summed E-state index contributed by atoms with van der Waals surface area (Å²) in [5.41, 5.74) is 3.67. The Bertz CT molecular complexity index is 1370. The first-order chi connectivity index (χ1) is 17.1. The lowest BCUT2D eigenvalue weighted by molar-refractivity contribution is 0.0982. The van der Waals surface area contributed by atoms with E-state index in [0.29, 0.717) is 29.2 Å². The quantitative estimate of drug-likeness (QED) is 0.335. The van der Waals surface area contributed by atoms with Gasteiger partial charge in [-0.2, -0.15) is 0 Å². The van der Waals surface area contributed by atoms with Gasteiger partial charge in [0.05, 0.1) is 24.9 Å². The second-order valence-corrected chi connectivity index (χ2v) is 9.05. The van der Waals surface area contributed by atoms with Crippen molar-refractivity contribution in [2.24, 2.45) is 0 Å². The van der Waals surface area contributed by atoms with Gasteiger partial charge in [-0.15, -0.1) is 0 Å². The number of benzene rings is 4. The lowest BCUT2D eigenvalue weighted by atomic mass is 10.1. The van der Waals surface area contributed by atoms with Crippen molar-refractivity contribution < 1.29 is 14.3 Å². The molecule has 1 aliphatic rings. The third kappa shape index (κ3) is 5.00. The molecule has 0 fully saturated rings. The van der Waals surface area contributed by atoms with Crippen LogP contribution in [0.2, 0.25) is 0 Å². The minimum atomic E-state index is -0.374. The molecule has 0 saturated carbocycles. The van der Waals surface area contributed by atoms with Crippen LogP contribution in [-0.2, 0) is 6.54 Å². The van der Waals surface area contributed by atoms with Crippen LogP contribution in [-0.4, -0.2) is 19.0 Å². The van der Waals surface area contributed by atoms with Gasteiger partial charge in [0.1, 0.15) is 5.75 Å². The summed E-state index contributed by atoms with van der Waals surface area (Å²) in [6.07, 6.45) is 0. The van der Waals surface area contributed by atoms with Crippen molar-refractivity contribution >= 4 is 40.8 Å². The fraction of sp³-hybridized carbons (Fsp3) is 0.0714. The Morgan fingerprint density at radius 1 is 0.829 bits per heavy atom. The number of hydrogen-bond acceptors (Lipinski definition) is 4. The van der Waals surface area contributed by atoms with Gasteiger partial charge in [-0.25, -0.2) is 4.79 Å². The van der Waals surface area contributed by atoms with Crippen molar-refractivity contribution in [2.75, 3.05) is 22.6 Å². The predicted molar refractivity (Wildman–Crippen MR) is 140 cm³/mol. The predicted octanol–water partition coefficient (Wildman–Crippen LogP) is 6.65. The molecule has 3 amide bonds. The average Bonchev–Trinajstić information content (AvgIpc) is 3.00. The van der Waals surface area contributed by atoms with E-state index in [-0.39, 0.29) is 11.9 Å². The fourth-order valence-corrected chi connectivity index (χ4v) is 4.95. The maximum atomic E-state index is 13.6. The van der Waals surface area contributed by atoms with Crippen LogP contribution >= 0.6 is 11.8 Å². The third-order valence-corrected chi connectivity index (χ3v) is 6.76.